The molecule has 3 heterocycles. The fourth-order valence-corrected chi connectivity index (χ4v) is 4.05. The van der Waals surface area contributed by atoms with Crippen molar-refractivity contribution in [2.45, 2.75) is 36.9 Å². The Balaban J connectivity index is 1.64. The van der Waals surface area contributed by atoms with E-state index in [2.05, 4.69) is 41.2 Å². The minimum Gasteiger partial charge on any atom is -0.389 e. The van der Waals surface area contributed by atoms with Crippen LogP contribution >= 0.6 is 0 Å². The Labute approximate surface area is 130 Å². The van der Waals surface area contributed by atoms with Crippen LogP contribution in [0.4, 0.5) is 0 Å². The second-order valence-electron chi connectivity index (χ2n) is 6.81. The number of aliphatic hydroxyl groups is 1. The number of aromatic nitrogens is 1. The van der Waals surface area contributed by atoms with Gasteiger partial charge in [0.05, 0.1) is 24.3 Å². The number of para-hydroxylation sites is 1. The van der Waals surface area contributed by atoms with Gasteiger partial charge in [0, 0.05) is 30.1 Å². The molecule has 2 saturated heterocycles. The van der Waals surface area contributed by atoms with Gasteiger partial charge in [-0.15, -0.1) is 0 Å². The molecule has 0 aliphatic carbocycles. The maximum Gasteiger partial charge on any atom is 0.0734 e. The largest absolute Gasteiger partial charge is 0.389 e. The van der Waals surface area contributed by atoms with Gasteiger partial charge in [0.2, 0.25) is 0 Å². The van der Waals surface area contributed by atoms with Crippen LogP contribution in [0.3, 0.4) is 0 Å². The molecule has 22 heavy (non-hydrogen) atoms. The molecule has 4 rings (SSSR count). The third-order valence-electron chi connectivity index (χ3n) is 5.24. The van der Waals surface area contributed by atoms with Gasteiger partial charge in [0.1, 0.15) is 0 Å². The Morgan fingerprint density at radius 2 is 1.95 bits per heavy atom. The maximum absolute atomic E-state index is 11.2. The fraction of sp³-hybridized carbons (Fsp3) is 0.500. The molecule has 4 nitrogen and oxygen atoms in total. The molecule has 1 aromatic heterocycles. The van der Waals surface area contributed by atoms with Crippen LogP contribution in [0.15, 0.2) is 36.5 Å². The van der Waals surface area contributed by atoms with E-state index in [1.54, 1.807) is 0 Å². The van der Waals surface area contributed by atoms with Crippen LogP contribution in [0, 0.1) is 0 Å². The number of likely N-dealkylation sites (N-methyl/N-ethyl adjacent to an activating group) is 1. The second kappa shape index (κ2) is 5.30. The number of hydrogen-bond donors (Lipinski definition) is 1. The number of rotatable bonds is 2. The summed E-state index contributed by atoms with van der Waals surface area (Å²) in [4.78, 5) is 6.89. The summed E-state index contributed by atoms with van der Waals surface area (Å²) >= 11 is 0. The standard InChI is InChI=1S/C18H22N2O2/c1-20-15-9-18(21,10-16(20)12-22-11-15)8-14-5-2-4-13-6-3-7-19-17(13)14/h2-7,15-16,21H,8-12H2,1H3. The first-order valence-corrected chi connectivity index (χ1v) is 7.99. The molecule has 2 aliphatic heterocycles. The highest BCUT2D eigenvalue weighted by atomic mass is 16.5. The minimum absolute atomic E-state index is 0.320. The molecule has 2 unspecified atom stereocenters. The van der Waals surface area contributed by atoms with Crippen LogP contribution in [0.25, 0.3) is 10.9 Å². The highest BCUT2D eigenvalue weighted by molar-refractivity contribution is 5.81. The van der Waals surface area contributed by atoms with Gasteiger partial charge in [-0.3, -0.25) is 9.88 Å². The number of ether oxygens (including phenoxy) is 1. The van der Waals surface area contributed by atoms with Gasteiger partial charge in [0.25, 0.3) is 0 Å². The number of benzene rings is 1. The zero-order valence-electron chi connectivity index (χ0n) is 12.9. The molecule has 116 valence electrons. The number of morpholine rings is 1. The fourth-order valence-electron chi connectivity index (χ4n) is 4.05. The van der Waals surface area contributed by atoms with E-state index < -0.39 is 5.60 Å². The van der Waals surface area contributed by atoms with Gasteiger partial charge in [-0.1, -0.05) is 24.3 Å². The molecular weight excluding hydrogens is 276 g/mol. The summed E-state index contributed by atoms with van der Waals surface area (Å²) in [5.41, 5.74) is 1.50. The van der Waals surface area contributed by atoms with Crippen molar-refractivity contribution in [2.24, 2.45) is 0 Å². The van der Waals surface area contributed by atoms with Crippen LogP contribution in [0.2, 0.25) is 0 Å². The van der Waals surface area contributed by atoms with Crippen LogP contribution in [-0.4, -0.2) is 52.9 Å². The zero-order chi connectivity index (χ0) is 15.2. The Bertz CT molecular complexity index is 668. The van der Waals surface area contributed by atoms with Crippen LogP contribution in [-0.2, 0) is 11.2 Å². The Morgan fingerprint density at radius 3 is 2.73 bits per heavy atom. The number of pyridine rings is 1. The van der Waals surface area contributed by atoms with Crippen LogP contribution < -0.4 is 0 Å². The van der Waals surface area contributed by atoms with E-state index in [-0.39, 0.29) is 0 Å². The third kappa shape index (κ3) is 2.41. The smallest absolute Gasteiger partial charge is 0.0734 e. The lowest BCUT2D eigenvalue weighted by Gasteiger charge is -2.50. The van der Waals surface area contributed by atoms with Crippen molar-refractivity contribution in [3.63, 3.8) is 0 Å². The Kier molecular flexibility index (Phi) is 3.40. The predicted molar refractivity (Wildman–Crippen MR) is 85.8 cm³/mol. The predicted octanol–water partition coefficient (Wildman–Crippen LogP) is 2.00. The molecule has 2 aliphatic rings. The third-order valence-corrected chi connectivity index (χ3v) is 5.24. The number of nitrogens with zero attached hydrogens (tertiary/aromatic N) is 2. The van der Waals surface area contributed by atoms with Crippen molar-refractivity contribution in [3.8, 4) is 0 Å². The summed E-state index contributed by atoms with van der Waals surface area (Å²) in [5.74, 6) is 0. The molecule has 0 saturated carbocycles. The van der Waals surface area contributed by atoms with E-state index in [1.807, 2.05) is 12.3 Å². The minimum atomic E-state index is -0.655. The van der Waals surface area contributed by atoms with Crippen molar-refractivity contribution < 1.29 is 9.84 Å². The molecule has 0 spiro atoms. The molecule has 0 radical (unpaired) electrons. The van der Waals surface area contributed by atoms with E-state index in [9.17, 15) is 5.11 Å². The van der Waals surface area contributed by atoms with Gasteiger partial charge in [0.15, 0.2) is 0 Å². The van der Waals surface area contributed by atoms with Gasteiger partial charge in [-0.25, -0.2) is 0 Å². The summed E-state index contributed by atoms with van der Waals surface area (Å²) in [6, 6.07) is 10.9. The van der Waals surface area contributed by atoms with E-state index in [0.29, 0.717) is 18.5 Å². The topological polar surface area (TPSA) is 45.6 Å². The van der Waals surface area contributed by atoms with Gasteiger partial charge in [-0.05, 0) is 31.5 Å². The number of hydrogen-bond acceptors (Lipinski definition) is 4. The molecule has 1 aromatic carbocycles. The quantitative estimate of drug-likeness (QED) is 0.921. The summed E-state index contributed by atoms with van der Waals surface area (Å²) in [5, 5.41) is 12.3. The van der Waals surface area contributed by atoms with Crippen molar-refractivity contribution in [2.75, 3.05) is 20.3 Å². The van der Waals surface area contributed by atoms with E-state index >= 15 is 0 Å². The SMILES string of the molecule is CN1C2COCC1CC(O)(Cc1cccc3cccnc13)C2. The lowest BCUT2D eigenvalue weighted by Crippen LogP contribution is -2.60. The normalized spacial score (nSPS) is 32.3. The first kappa shape index (κ1) is 14.1. The summed E-state index contributed by atoms with van der Waals surface area (Å²) in [7, 11) is 2.15. The Hall–Kier alpha value is -1.49. The van der Waals surface area contributed by atoms with Gasteiger partial charge < -0.3 is 9.84 Å². The molecule has 2 aromatic rings. The molecular formula is C18H22N2O2. The monoisotopic (exact) mass is 298 g/mol. The Morgan fingerprint density at radius 1 is 1.23 bits per heavy atom. The maximum atomic E-state index is 11.2. The average molecular weight is 298 g/mol. The molecule has 2 bridgehead atoms. The lowest BCUT2D eigenvalue weighted by atomic mass is 9.77. The summed E-state index contributed by atoms with van der Waals surface area (Å²) < 4.78 is 5.66. The molecule has 2 atom stereocenters. The molecule has 1 N–H and O–H groups in total. The average Bonchev–Trinajstić information content (AvgIpc) is 2.50. The lowest BCUT2D eigenvalue weighted by molar-refractivity contribution is -0.133. The van der Waals surface area contributed by atoms with Crippen molar-refractivity contribution in [3.05, 3.63) is 42.1 Å². The number of fused-ring (bicyclic) bond motifs is 3. The first-order chi connectivity index (χ1) is 10.6. The number of piperidine rings is 1. The first-order valence-electron chi connectivity index (χ1n) is 7.99. The van der Waals surface area contributed by atoms with E-state index in [1.165, 1.54) is 0 Å². The van der Waals surface area contributed by atoms with E-state index in [4.69, 9.17) is 4.74 Å². The van der Waals surface area contributed by atoms with Crippen molar-refractivity contribution >= 4 is 10.9 Å². The van der Waals surface area contributed by atoms with Crippen molar-refractivity contribution in [1.29, 1.82) is 0 Å². The summed E-state index contributed by atoms with van der Waals surface area (Å²) in [6.45, 7) is 1.45. The molecule has 4 heteroatoms. The van der Waals surface area contributed by atoms with Gasteiger partial charge >= 0.3 is 0 Å². The zero-order valence-corrected chi connectivity index (χ0v) is 12.9. The second-order valence-corrected chi connectivity index (χ2v) is 6.81. The molecule has 2 fully saturated rings. The van der Waals surface area contributed by atoms with Crippen LogP contribution in [0.1, 0.15) is 18.4 Å². The van der Waals surface area contributed by atoms with E-state index in [0.717, 1.165) is 42.5 Å². The van der Waals surface area contributed by atoms with Crippen LogP contribution in [0.5, 0.6) is 0 Å². The highest BCUT2D eigenvalue weighted by Crippen LogP contribution is 2.36. The summed E-state index contributed by atoms with van der Waals surface area (Å²) in [6.07, 6.45) is 4.03. The van der Waals surface area contributed by atoms with Crippen molar-refractivity contribution in [1.82, 2.24) is 9.88 Å². The van der Waals surface area contributed by atoms with Gasteiger partial charge in [-0.2, -0.15) is 0 Å². The highest BCUT2D eigenvalue weighted by Gasteiger charge is 2.44. The molecule has 0 amide bonds.